The third kappa shape index (κ3) is 6.79. The van der Waals surface area contributed by atoms with E-state index < -0.39 is 0 Å². The van der Waals surface area contributed by atoms with E-state index in [9.17, 15) is 9.90 Å². The van der Waals surface area contributed by atoms with Gasteiger partial charge in [0.2, 0.25) is 0 Å². The lowest BCUT2D eigenvalue weighted by Crippen LogP contribution is -2.24. The Hall–Kier alpha value is -3.03. The molecule has 1 fully saturated rings. The minimum absolute atomic E-state index is 0.0106. The molecule has 3 rings (SSSR count). The number of anilines is 1. The Kier molecular flexibility index (Phi) is 8.11. The molecule has 0 aromatic heterocycles. The highest BCUT2D eigenvalue weighted by atomic mass is 16.5. The van der Waals surface area contributed by atoms with E-state index in [1.54, 1.807) is 30.3 Å². The van der Waals surface area contributed by atoms with Gasteiger partial charge < -0.3 is 30.5 Å². The molecule has 0 aliphatic carbocycles. The zero-order chi connectivity index (χ0) is 21.2. The van der Waals surface area contributed by atoms with E-state index in [0.717, 1.165) is 25.2 Å². The zero-order valence-corrected chi connectivity index (χ0v) is 17.0. The fourth-order valence-electron chi connectivity index (χ4n) is 3.28. The number of nitrogens with one attached hydrogen (secondary N) is 3. The van der Waals surface area contributed by atoms with Crippen molar-refractivity contribution < 1.29 is 19.4 Å². The van der Waals surface area contributed by atoms with Crippen LogP contribution in [0.5, 0.6) is 17.2 Å². The average molecular weight is 412 g/mol. The van der Waals surface area contributed by atoms with Gasteiger partial charge >= 0.3 is 0 Å². The Morgan fingerprint density at radius 3 is 2.77 bits per heavy atom. The maximum Gasteiger partial charge on any atom is 0.262 e. The van der Waals surface area contributed by atoms with E-state index in [-0.39, 0.29) is 18.3 Å². The molecule has 0 spiro atoms. The minimum atomic E-state index is -0.359. The average Bonchev–Trinajstić information content (AvgIpc) is 3.26. The number of phenolic OH excluding ortho intramolecular Hbond substituents is 1. The molecule has 160 valence electrons. The van der Waals surface area contributed by atoms with Crippen LogP contribution in [0.1, 0.15) is 12.0 Å². The molecule has 4 N–H and O–H groups in total. The number of hydrogen-bond acceptors (Lipinski definition) is 6. The molecule has 1 heterocycles. The molecular weight excluding hydrogens is 382 g/mol. The summed E-state index contributed by atoms with van der Waals surface area (Å²) in [5, 5.41) is 19.2. The second-order valence-corrected chi connectivity index (χ2v) is 7.26. The van der Waals surface area contributed by atoms with Gasteiger partial charge in [-0.3, -0.25) is 4.79 Å². The maximum absolute atomic E-state index is 12.2. The number of hydrogen-bond donors (Lipinski definition) is 4. The van der Waals surface area contributed by atoms with Crippen LogP contribution in [0.4, 0.5) is 5.69 Å². The first-order valence-corrected chi connectivity index (χ1v) is 10.1. The lowest BCUT2D eigenvalue weighted by Gasteiger charge is -2.14. The highest BCUT2D eigenvalue weighted by Gasteiger charge is 2.14. The number of para-hydroxylation sites is 2. The molecule has 0 saturated carbocycles. The second kappa shape index (κ2) is 11.2. The van der Waals surface area contributed by atoms with Crippen molar-refractivity contribution >= 4 is 11.6 Å². The van der Waals surface area contributed by atoms with Gasteiger partial charge in [-0.05, 0) is 61.8 Å². The molecule has 0 bridgehead atoms. The number of phenols is 1. The van der Waals surface area contributed by atoms with Gasteiger partial charge in [-0.25, -0.2) is 0 Å². The normalized spacial score (nSPS) is 15.5. The van der Waals surface area contributed by atoms with Gasteiger partial charge in [-0.2, -0.15) is 0 Å². The molecule has 0 radical (unpaired) electrons. The van der Waals surface area contributed by atoms with Gasteiger partial charge in [0.05, 0.1) is 5.69 Å². The summed E-state index contributed by atoms with van der Waals surface area (Å²) in [6.45, 7) is 7.64. The Morgan fingerprint density at radius 2 is 2.03 bits per heavy atom. The SMILES string of the molecule is C=CCOc1cc(CNCC2CCNC2)cc(OCC(=O)Nc2ccccc2O)c1. The molecule has 7 heteroatoms. The van der Waals surface area contributed by atoms with E-state index >= 15 is 0 Å². The summed E-state index contributed by atoms with van der Waals surface area (Å²) in [5.41, 5.74) is 1.36. The molecule has 1 amide bonds. The van der Waals surface area contributed by atoms with Gasteiger partial charge in [-0.15, -0.1) is 0 Å². The van der Waals surface area contributed by atoms with Gasteiger partial charge in [0.1, 0.15) is 23.9 Å². The molecule has 2 aromatic carbocycles. The second-order valence-electron chi connectivity index (χ2n) is 7.26. The van der Waals surface area contributed by atoms with E-state index in [2.05, 4.69) is 22.5 Å². The van der Waals surface area contributed by atoms with Crippen molar-refractivity contribution in [3.8, 4) is 17.2 Å². The predicted octanol–water partition coefficient (Wildman–Crippen LogP) is 2.67. The number of carbonyl (C=O) groups excluding carboxylic acids is 1. The van der Waals surface area contributed by atoms with Crippen molar-refractivity contribution in [2.75, 3.05) is 38.2 Å². The third-order valence-corrected chi connectivity index (χ3v) is 4.78. The molecular formula is C23H29N3O4. The van der Waals surface area contributed by atoms with E-state index in [4.69, 9.17) is 9.47 Å². The predicted molar refractivity (Wildman–Crippen MR) is 117 cm³/mol. The van der Waals surface area contributed by atoms with Crippen LogP contribution in [0.2, 0.25) is 0 Å². The standard InChI is InChI=1S/C23H29N3O4/c1-2-9-29-19-10-18(15-25-14-17-7-8-24-13-17)11-20(12-19)30-16-23(28)26-21-5-3-4-6-22(21)27/h2-6,10-12,17,24-25,27H,1,7-9,13-16H2,(H,26,28). The number of carbonyl (C=O) groups is 1. The van der Waals surface area contributed by atoms with Crippen LogP contribution in [0.3, 0.4) is 0 Å². The van der Waals surface area contributed by atoms with Gasteiger partial charge in [0.15, 0.2) is 6.61 Å². The first kappa shape index (κ1) is 21.7. The van der Waals surface area contributed by atoms with Gasteiger partial charge in [-0.1, -0.05) is 24.8 Å². The number of rotatable bonds is 11. The van der Waals surface area contributed by atoms with Crippen LogP contribution in [-0.4, -0.2) is 43.9 Å². The lowest BCUT2D eigenvalue weighted by atomic mass is 10.1. The number of benzene rings is 2. The van der Waals surface area contributed by atoms with Crippen molar-refractivity contribution in [2.45, 2.75) is 13.0 Å². The summed E-state index contributed by atoms with van der Waals surface area (Å²) < 4.78 is 11.3. The fourth-order valence-corrected chi connectivity index (χ4v) is 3.28. The third-order valence-electron chi connectivity index (χ3n) is 4.78. The quantitative estimate of drug-likeness (QED) is 0.336. The molecule has 1 aliphatic heterocycles. The van der Waals surface area contributed by atoms with Crippen LogP contribution >= 0.6 is 0 Å². The summed E-state index contributed by atoms with van der Waals surface area (Å²) in [6, 6.07) is 12.2. The number of amides is 1. The largest absolute Gasteiger partial charge is 0.506 e. The van der Waals surface area contributed by atoms with Crippen LogP contribution in [0.15, 0.2) is 55.1 Å². The highest BCUT2D eigenvalue weighted by Crippen LogP contribution is 2.24. The smallest absolute Gasteiger partial charge is 0.262 e. The Balaban J connectivity index is 1.57. The molecule has 1 unspecified atom stereocenters. The summed E-state index contributed by atoms with van der Waals surface area (Å²) in [5.74, 6) is 1.51. The van der Waals surface area contributed by atoms with Crippen LogP contribution in [-0.2, 0) is 11.3 Å². The summed E-state index contributed by atoms with van der Waals surface area (Å²) >= 11 is 0. The first-order chi connectivity index (χ1) is 14.6. The first-order valence-electron chi connectivity index (χ1n) is 10.1. The molecule has 1 aliphatic rings. The topological polar surface area (TPSA) is 91.8 Å². The van der Waals surface area contributed by atoms with E-state index in [0.29, 0.717) is 36.3 Å². The maximum atomic E-state index is 12.2. The fraction of sp³-hybridized carbons (Fsp3) is 0.348. The zero-order valence-electron chi connectivity index (χ0n) is 17.0. The van der Waals surface area contributed by atoms with Crippen molar-refractivity contribution in [2.24, 2.45) is 5.92 Å². The van der Waals surface area contributed by atoms with Crippen molar-refractivity contribution in [1.82, 2.24) is 10.6 Å². The molecule has 30 heavy (non-hydrogen) atoms. The Labute approximate surface area is 177 Å². The molecule has 2 aromatic rings. The highest BCUT2D eigenvalue weighted by molar-refractivity contribution is 5.93. The molecule has 7 nitrogen and oxygen atoms in total. The van der Waals surface area contributed by atoms with Gasteiger partial charge in [0.25, 0.3) is 5.91 Å². The van der Waals surface area contributed by atoms with Crippen molar-refractivity contribution in [3.05, 3.63) is 60.7 Å². The monoisotopic (exact) mass is 411 g/mol. The Bertz CT molecular complexity index is 850. The summed E-state index contributed by atoms with van der Waals surface area (Å²) in [4.78, 5) is 12.2. The van der Waals surface area contributed by atoms with Crippen LogP contribution < -0.4 is 25.4 Å². The Morgan fingerprint density at radius 1 is 1.23 bits per heavy atom. The summed E-state index contributed by atoms with van der Waals surface area (Å²) in [6.07, 6.45) is 2.87. The van der Waals surface area contributed by atoms with Crippen LogP contribution in [0, 0.1) is 5.92 Å². The molecule has 1 atom stereocenters. The van der Waals surface area contributed by atoms with Crippen LogP contribution in [0.25, 0.3) is 0 Å². The van der Waals surface area contributed by atoms with E-state index in [1.165, 1.54) is 12.5 Å². The number of aromatic hydroxyl groups is 1. The lowest BCUT2D eigenvalue weighted by molar-refractivity contribution is -0.118. The van der Waals surface area contributed by atoms with E-state index in [1.807, 2.05) is 12.1 Å². The molecule has 1 saturated heterocycles. The summed E-state index contributed by atoms with van der Waals surface area (Å²) in [7, 11) is 0. The van der Waals surface area contributed by atoms with Gasteiger partial charge in [0, 0.05) is 12.6 Å². The van der Waals surface area contributed by atoms with Crippen molar-refractivity contribution in [3.63, 3.8) is 0 Å². The minimum Gasteiger partial charge on any atom is -0.506 e. The number of ether oxygens (including phenoxy) is 2. The van der Waals surface area contributed by atoms with Crippen molar-refractivity contribution in [1.29, 1.82) is 0 Å².